The van der Waals surface area contributed by atoms with Gasteiger partial charge in [0.05, 0.1) is 6.42 Å². The van der Waals surface area contributed by atoms with Crippen LogP contribution in [-0.2, 0) is 20.8 Å². The molecular weight excluding hydrogens is 251 g/mol. The van der Waals surface area contributed by atoms with Crippen molar-refractivity contribution in [1.29, 1.82) is 0 Å². The van der Waals surface area contributed by atoms with Gasteiger partial charge in [-0.1, -0.05) is 12.1 Å². The van der Waals surface area contributed by atoms with Gasteiger partial charge >= 0.3 is 0 Å². The molecule has 0 radical (unpaired) electrons. The Kier molecular flexibility index (Phi) is 3.89. The summed E-state index contributed by atoms with van der Waals surface area (Å²) in [5.74, 6) is -1.51. The van der Waals surface area contributed by atoms with Crippen LogP contribution in [0.15, 0.2) is 24.3 Å². The first-order chi connectivity index (χ1) is 9.04. The molecule has 1 aromatic rings. The fourth-order valence-electron chi connectivity index (χ4n) is 1.86. The van der Waals surface area contributed by atoms with Gasteiger partial charge < -0.3 is 5.32 Å². The van der Waals surface area contributed by atoms with Gasteiger partial charge in [-0.2, -0.15) is 0 Å². The summed E-state index contributed by atoms with van der Waals surface area (Å²) in [6, 6.07) is 4.90. The van der Waals surface area contributed by atoms with Crippen molar-refractivity contribution < 1.29 is 18.8 Å². The molecule has 1 atom stereocenters. The summed E-state index contributed by atoms with van der Waals surface area (Å²) in [5.41, 5.74) is 0.659. The molecule has 2 rings (SSSR count). The van der Waals surface area contributed by atoms with Crippen LogP contribution in [0.5, 0.6) is 0 Å². The van der Waals surface area contributed by atoms with Crippen LogP contribution >= 0.6 is 0 Å². The third-order valence-corrected chi connectivity index (χ3v) is 2.85. The maximum atomic E-state index is 12.7. The van der Waals surface area contributed by atoms with Gasteiger partial charge in [0.2, 0.25) is 17.7 Å². The zero-order valence-corrected chi connectivity index (χ0v) is 10.1. The molecule has 0 spiro atoms. The van der Waals surface area contributed by atoms with Gasteiger partial charge in [-0.25, -0.2) is 4.39 Å². The lowest BCUT2D eigenvalue weighted by molar-refractivity contribution is -0.137. The molecule has 0 bridgehead atoms. The zero-order chi connectivity index (χ0) is 13.8. The largest absolute Gasteiger partial charge is 0.344 e. The average Bonchev–Trinajstić information content (AvgIpc) is 2.36. The molecule has 1 saturated heterocycles. The molecule has 1 heterocycles. The lowest BCUT2D eigenvalue weighted by Crippen LogP contribution is -2.52. The number of piperidine rings is 1. The Bertz CT molecular complexity index is 513. The Morgan fingerprint density at radius 1 is 1.32 bits per heavy atom. The molecule has 0 unspecified atom stereocenters. The maximum absolute atomic E-state index is 12.7. The van der Waals surface area contributed by atoms with Gasteiger partial charge in [-0.05, 0) is 24.1 Å². The van der Waals surface area contributed by atoms with Gasteiger partial charge in [0.1, 0.15) is 11.9 Å². The van der Waals surface area contributed by atoms with Gasteiger partial charge in [-0.3, -0.25) is 19.7 Å². The van der Waals surface area contributed by atoms with E-state index in [0.717, 1.165) is 0 Å². The Morgan fingerprint density at radius 2 is 2.00 bits per heavy atom. The molecule has 6 heteroatoms. The number of halogens is 1. The number of nitrogens with one attached hydrogen (secondary N) is 2. The number of carbonyl (C=O) groups is 3. The average molecular weight is 264 g/mol. The molecule has 3 amide bonds. The predicted molar refractivity (Wildman–Crippen MR) is 64.4 cm³/mol. The normalized spacial score (nSPS) is 18.9. The Hall–Kier alpha value is -2.24. The van der Waals surface area contributed by atoms with Crippen LogP contribution < -0.4 is 10.6 Å². The number of benzene rings is 1. The minimum Gasteiger partial charge on any atom is -0.344 e. The van der Waals surface area contributed by atoms with Crippen LogP contribution in [0.4, 0.5) is 4.39 Å². The van der Waals surface area contributed by atoms with Crippen LogP contribution in [0, 0.1) is 5.82 Å². The maximum Gasteiger partial charge on any atom is 0.249 e. The molecule has 0 aromatic heterocycles. The van der Waals surface area contributed by atoms with Gasteiger partial charge in [0.25, 0.3) is 0 Å². The highest BCUT2D eigenvalue weighted by Crippen LogP contribution is 2.06. The van der Waals surface area contributed by atoms with E-state index in [1.165, 1.54) is 24.3 Å². The van der Waals surface area contributed by atoms with E-state index in [4.69, 9.17) is 0 Å². The van der Waals surface area contributed by atoms with E-state index in [0.29, 0.717) is 12.0 Å². The number of amides is 3. The predicted octanol–water partition coefficient (Wildman–Crippen LogP) is 0.290. The van der Waals surface area contributed by atoms with Crippen molar-refractivity contribution in [2.45, 2.75) is 25.3 Å². The van der Waals surface area contributed by atoms with Crippen LogP contribution in [-0.4, -0.2) is 23.8 Å². The molecule has 1 aromatic carbocycles. The summed E-state index contributed by atoms with van der Waals surface area (Å²) >= 11 is 0. The number of carbonyl (C=O) groups excluding carboxylic acids is 3. The molecule has 0 aliphatic carbocycles. The summed E-state index contributed by atoms with van der Waals surface area (Å²) in [5, 5.41) is 4.72. The van der Waals surface area contributed by atoms with Crippen LogP contribution in [0.25, 0.3) is 0 Å². The van der Waals surface area contributed by atoms with E-state index in [1.807, 2.05) is 0 Å². The van der Waals surface area contributed by atoms with Gasteiger partial charge in [0, 0.05) is 6.42 Å². The fraction of sp³-hybridized carbons (Fsp3) is 0.308. The third-order valence-electron chi connectivity index (χ3n) is 2.85. The molecule has 1 aliphatic rings. The minimum atomic E-state index is -0.675. The molecule has 5 nitrogen and oxygen atoms in total. The van der Waals surface area contributed by atoms with Crippen molar-refractivity contribution in [3.05, 3.63) is 35.6 Å². The monoisotopic (exact) mass is 264 g/mol. The first kappa shape index (κ1) is 13.2. The topological polar surface area (TPSA) is 75.3 Å². The second-order valence-corrected chi connectivity index (χ2v) is 4.37. The van der Waals surface area contributed by atoms with E-state index in [2.05, 4.69) is 10.6 Å². The number of hydrogen-bond donors (Lipinski definition) is 2. The summed E-state index contributed by atoms with van der Waals surface area (Å²) in [7, 11) is 0. The molecule has 0 saturated carbocycles. The molecule has 100 valence electrons. The minimum absolute atomic E-state index is 0.0675. The first-order valence-electron chi connectivity index (χ1n) is 5.92. The van der Waals surface area contributed by atoms with E-state index in [9.17, 15) is 18.8 Å². The summed E-state index contributed by atoms with van der Waals surface area (Å²) in [6.07, 6.45) is 0.588. The smallest absolute Gasteiger partial charge is 0.249 e. The van der Waals surface area contributed by atoms with E-state index in [1.54, 1.807) is 0 Å². The highest BCUT2D eigenvalue weighted by atomic mass is 19.1. The standard InChI is InChI=1S/C13H13FN2O3/c14-9-3-1-8(2-4-9)7-12(18)15-10-5-6-11(17)16-13(10)19/h1-4,10H,5-7H2,(H,15,18)(H,16,17,19)/t10-/m0/s1. The Morgan fingerprint density at radius 3 is 2.63 bits per heavy atom. The molecule has 1 aliphatic heterocycles. The molecule has 1 fully saturated rings. The number of rotatable bonds is 3. The van der Waals surface area contributed by atoms with Crippen molar-refractivity contribution in [3.63, 3.8) is 0 Å². The van der Waals surface area contributed by atoms with Crippen molar-refractivity contribution in [2.24, 2.45) is 0 Å². The quantitative estimate of drug-likeness (QED) is 0.770. The number of hydrogen-bond acceptors (Lipinski definition) is 3. The Balaban J connectivity index is 1.89. The molecule has 19 heavy (non-hydrogen) atoms. The summed E-state index contributed by atoms with van der Waals surface area (Å²) in [6.45, 7) is 0. The van der Waals surface area contributed by atoms with E-state index in [-0.39, 0.29) is 30.5 Å². The lowest BCUT2D eigenvalue weighted by atomic mass is 10.1. The molecule has 2 N–H and O–H groups in total. The highest BCUT2D eigenvalue weighted by molar-refractivity contribution is 6.01. The van der Waals surface area contributed by atoms with Crippen molar-refractivity contribution >= 4 is 17.7 Å². The number of imide groups is 1. The van der Waals surface area contributed by atoms with Crippen LogP contribution in [0.2, 0.25) is 0 Å². The van der Waals surface area contributed by atoms with Crippen molar-refractivity contribution in [1.82, 2.24) is 10.6 Å². The first-order valence-corrected chi connectivity index (χ1v) is 5.92. The van der Waals surface area contributed by atoms with Crippen molar-refractivity contribution in [3.8, 4) is 0 Å². The second-order valence-electron chi connectivity index (χ2n) is 4.37. The van der Waals surface area contributed by atoms with Crippen LogP contribution in [0.1, 0.15) is 18.4 Å². The van der Waals surface area contributed by atoms with Crippen LogP contribution in [0.3, 0.4) is 0 Å². The van der Waals surface area contributed by atoms with Gasteiger partial charge in [0.15, 0.2) is 0 Å². The zero-order valence-electron chi connectivity index (χ0n) is 10.1. The lowest BCUT2D eigenvalue weighted by Gasteiger charge is -2.21. The van der Waals surface area contributed by atoms with Gasteiger partial charge in [-0.15, -0.1) is 0 Å². The Labute approximate surface area is 109 Å². The van der Waals surface area contributed by atoms with E-state index < -0.39 is 11.9 Å². The second kappa shape index (κ2) is 5.60. The van der Waals surface area contributed by atoms with E-state index >= 15 is 0 Å². The summed E-state index contributed by atoms with van der Waals surface area (Å²) < 4.78 is 12.7. The molecular formula is C13H13FN2O3. The highest BCUT2D eigenvalue weighted by Gasteiger charge is 2.27. The fourth-order valence-corrected chi connectivity index (χ4v) is 1.86. The third kappa shape index (κ3) is 3.61. The summed E-state index contributed by atoms with van der Waals surface area (Å²) in [4.78, 5) is 34.1. The SMILES string of the molecule is O=C1CC[C@H](NC(=O)Cc2ccc(F)cc2)C(=O)N1. The van der Waals surface area contributed by atoms with Crippen molar-refractivity contribution in [2.75, 3.05) is 0 Å².